The zero-order valence-corrected chi connectivity index (χ0v) is 13.7. The lowest BCUT2D eigenvalue weighted by Crippen LogP contribution is -2.37. The van der Waals surface area contributed by atoms with Crippen molar-refractivity contribution >= 4 is 23.2 Å². The van der Waals surface area contributed by atoms with Gasteiger partial charge in [-0.3, -0.25) is 0 Å². The molecule has 20 heavy (non-hydrogen) atoms. The minimum Gasteiger partial charge on any atom is -0.383 e. The van der Waals surface area contributed by atoms with Crippen LogP contribution in [-0.4, -0.2) is 26.8 Å². The maximum absolute atomic E-state index is 6.12. The van der Waals surface area contributed by atoms with Crippen LogP contribution in [-0.2, 0) is 11.2 Å². The zero-order chi connectivity index (χ0) is 14.6. The van der Waals surface area contributed by atoms with E-state index in [0.717, 1.165) is 32.0 Å². The molecule has 0 aliphatic heterocycles. The Hall–Kier alpha value is -0.280. The first kappa shape index (κ1) is 16.1. The van der Waals surface area contributed by atoms with Crippen molar-refractivity contribution in [2.45, 2.75) is 26.2 Å². The van der Waals surface area contributed by atoms with Crippen molar-refractivity contribution in [1.82, 2.24) is 5.32 Å². The normalized spacial score (nSPS) is 18.0. The van der Waals surface area contributed by atoms with E-state index in [-0.39, 0.29) is 5.41 Å². The van der Waals surface area contributed by atoms with Gasteiger partial charge in [0.25, 0.3) is 0 Å². The maximum atomic E-state index is 6.12. The van der Waals surface area contributed by atoms with Crippen LogP contribution in [0.1, 0.15) is 25.3 Å². The van der Waals surface area contributed by atoms with Crippen LogP contribution in [0.3, 0.4) is 0 Å². The third-order valence-electron chi connectivity index (χ3n) is 4.17. The van der Waals surface area contributed by atoms with E-state index in [4.69, 9.17) is 27.9 Å². The first-order valence-corrected chi connectivity index (χ1v) is 7.94. The zero-order valence-electron chi connectivity index (χ0n) is 12.2. The lowest BCUT2D eigenvalue weighted by Gasteiger charge is -2.30. The van der Waals surface area contributed by atoms with E-state index in [9.17, 15) is 0 Å². The summed E-state index contributed by atoms with van der Waals surface area (Å²) in [6, 6.07) is 5.98. The van der Waals surface area contributed by atoms with E-state index >= 15 is 0 Å². The average Bonchev–Trinajstić information content (AvgIpc) is 3.24. The van der Waals surface area contributed by atoms with E-state index < -0.39 is 0 Å². The number of hydrogen-bond donors (Lipinski definition) is 1. The largest absolute Gasteiger partial charge is 0.383 e. The molecule has 0 heterocycles. The van der Waals surface area contributed by atoms with Gasteiger partial charge >= 0.3 is 0 Å². The van der Waals surface area contributed by atoms with Gasteiger partial charge < -0.3 is 10.1 Å². The van der Waals surface area contributed by atoms with Crippen molar-refractivity contribution in [2.75, 3.05) is 26.8 Å². The second-order valence-electron chi connectivity index (χ2n) is 6.02. The van der Waals surface area contributed by atoms with Crippen molar-refractivity contribution in [3.8, 4) is 0 Å². The van der Waals surface area contributed by atoms with Gasteiger partial charge in [0.1, 0.15) is 0 Å². The van der Waals surface area contributed by atoms with Crippen LogP contribution >= 0.6 is 23.2 Å². The number of hydrogen-bond acceptors (Lipinski definition) is 2. The molecule has 1 aromatic carbocycles. The number of nitrogens with one attached hydrogen (secondary N) is 1. The van der Waals surface area contributed by atoms with E-state index in [1.54, 1.807) is 7.11 Å². The van der Waals surface area contributed by atoms with Gasteiger partial charge in [-0.05, 0) is 48.3 Å². The fourth-order valence-corrected chi connectivity index (χ4v) is 3.12. The number of rotatable bonds is 8. The highest BCUT2D eigenvalue weighted by Gasteiger charge is 2.41. The van der Waals surface area contributed by atoms with Crippen molar-refractivity contribution in [1.29, 1.82) is 0 Å². The smallest absolute Gasteiger partial charge is 0.0595 e. The van der Waals surface area contributed by atoms with Gasteiger partial charge in [-0.25, -0.2) is 0 Å². The fraction of sp³-hybridized carbons (Fsp3) is 0.625. The lowest BCUT2D eigenvalue weighted by atomic mass is 9.79. The van der Waals surface area contributed by atoms with E-state index in [1.165, 1.54) is 18.4 Å². The average molecular weight is 316 g/mol. The quantitative estimate of drug-likeness (QED) is 0.726. The van der Waals surface area contributed by atoms with Gasteiger partial charge in [-0.1, -0.05) is 36.2 Å². The van der Waals surface area contributed by atoms with Gasteiger partial charge in [-0.2, -0.15) is 0 Å². The molecule has 1 aliphatic rings. The molecule has 1 N–H and O–H groups in total. The summed E-state index contributed by atoms with van der Waals surface area (Å²) in [5.74, 6) is 0.812. The molecule has 0 bridgehead atoms. The molecule has 2 rings (SSSR count). The monoisotopic (exact) mass is 315 g/mol. The molecule has 1 aromatic rings. The third-order valence-corrected chi connectivity index (χ3v) is 4.91. The molecule has 0 spiro atoms. The molecule has 112 valence electrons. The van der Waals surface area contributed by atoms with E-state index in [2.05, 4.69) is 18.3 Å². The van der Waals surface area contributed by atoms with Gasteiger partial charge in [0.2, 0.25) is 0 Å². The third kappa shape index (κ3) is 4.36. The summed E-state index contributed by atoms with van der Waals surface area (Å²) in [5.41, 5.74) is 1.55. The SMILES string of the molecule is COCCNCC(C)(Cc1ccc(Cl)c(Cl)c1)C1CC1. The second kappa shape index (κ2) is 7.13. The van der Waals surface area contributed by atoms with Crippen molar-refractivity contribution < 1.29 is 4.74 Å². The molecular weight excluding hydrogens is 293 g/mol. The molecule has 0 radical (unpaired) electrons. The highest BCUT2D eigenvalue weighted by Crippen LogP contribution is 2.47. The minimum absolute atomic E-state index is 0.283. The first-order valence-electron chi connectivity index (χ1n) is 7.19. The summed E-state index contributed by atoms with van der Waals surface area (Å²) in [7, 11) is 1.73. The summed E-state index contributed by atoms with van der Waals surface area (Å²) in [4.78, 5) is 0. The Balaban J connectivity index is 1.98. The summed E-state index contributed by atoms with van der Waals surface area (Å²) >= 11 is 12.1. The number of methoxy groups -OCH3 is 1. The highest BCUT2D eigenvalue weighted by atomic mass is 35.5. The number of halogens is 2. The molecule has 1 atom stereocenters. The van der Waals surface area contributed by atoms with Crippen LogP contribution in [0.25, 0.3) is 0 Å². The van der Waals surface area contributed by atoms with Crippen LogP contribution in [0, 0.1) is 11.3 Å². The molecule has 1 fully saturated rings. The van der Waals surface area contributed by atoms with E-state index in [1.807, 2.05) is 12.1 Å². The fourth-order valence-electron chi connectivity index (χ4n) is 2.80. The summed E-state index contributed by atoms with van der Waals surface area (Å²) in [5, 5.41) is 4.78. The lowest BCUT2D eigenvalue weighted by molar-refractivity contribution is 0.187. The topological polar surface area (TPSA) is 21.3 Å². The van der Waals surface area contributed by atoms with Crippen LogP contribution in [0.5, 0.6) is 0 Å². The molecule has 0 aromatic heterocycles. The van der Waals surface area contributed by atoms with Crippen LogP contribution in [0.15, 0.2) is 18.2 Å². The highest BCUT2D eigenvalue weighted by molar-refractivity contribution is 6.42. The van der Waals surface area contributed by atoms with Crippen molar-refractivity contribution in [2.24, 2.45) is 11.3 Å². The van der Waals surface area contributed by atoms with Crippen molar-refractivity contribution in [3.05, 3.63) is 33.8 Å². The molecule has 1 aliphatic carbocycles. The molecule has 0 saturated heterocycles. The van der Waals surface area contributed by atoms with Crippen LogP contribution in [0.4, 0.5) is 0 Å². The summed E-state index contributed by atoms with van der Waals surface area (Å²) in [6.07, 6.45) is 3.71. The molecular formula is C16H23Cl2NO. The standard InChI is InChI=1S/C16H23Cl2NO/c1-16(13-4-5-13,11-19-7-8-20-2)10-12-3-6-14(17)15(18)9-12/h3,6,9,13,19H,4-5,7-8,10-11H2,1-2H3. The number of ether oxygens (including phenoxy) is 1. The second-order valence-corrected chi connectivity index (χ2v) is 6.84. The summed E-state index contributed by atoms with van der Waals surface area (Å²) in [6.45, 7) is 5.04. The molecule has 4 heteroatoms. The Morgan fingerprint density at radius 1 is 1.30 bits per heavy atom. The molecule has 2 nitrogen and oxygen atoms in total. The van der Waals surface area contributed by atoms with Crippen LogP contribution in [0.2, 0.25) is 10.0 Å². The first-order chi connectivity index (χ1) is 9.55. The maximum Gasteiger partial charge on any atom is 0.0595 e. The minimum atomic E-state index is 0.283. The van der Waals surface area contributed by atoms with Gasteiger partial charge in [0.15, 0.2) is 0 Å². The Kier molecular flexibility index (Phi) is 5.74. The van der Waals surface area contributed by atoms with Gasteiger partial charge in [0, 0.05) is 20.2 Å². The number of benzene rings is 1. The molecule has 1 unspecified atom stereocenters. The summed E-state index contributed by atoms with van der Waals surface area (Å²) < 4.78 is 5.09. The van der Waals surface area contributed by atoms with Crippen molar-refractivity contribution in [3.63, 3.8) is 0 Å². The van der Waals surface area contributed by atoms with E-state index in [0.29, 0.717) is 10.0 Å². The van der Waals surface area contributed by atoms with Gasteiger partial charge in [-0.15, -0.1) is 0 Å². The Morgan fingerprint density at radius 3 is 2.65 bits per heavy atom. The Morgan fingerprint density at radius 2 is 2.05 bits per heavy atom. The van der Waals surface area contributed by atoms with Crippen LogP contribution < -0.4 is 5.32 Å². The molecule has 0 amide bonds. The predicted octanol–water partition coefficient (Wildman–Crippen LogP) is 4.19. The molecule has 1 saturated carbocycles. The Bertz CT molecular complexity index is 448. The predicted molar refractivity (Wildman–Crippen MR) is 85.7 cm³/mol. The Labute approximate surface area is 131 Å². The van der Waals surface area contributed by atoms with Gasteiger partial charge in [0.05, 0.1) is 16.7 Å².